The van der Waals surface area contributed by atoms with Crippen molar-refractivity contribution in [3.63, 3.8) is 0 Å². The normalized spacial score (nSPS) is 13.0. The number of hydrogen-bond donors (Lipinski definition) is 0. The van der Waals surface area contributed by atoms with Gasteiger partial charge in [-0.3, -0.25) is 0 Å². The van der Waals surface area contributed by atoms with Crippen molar-refractivity contribution in [1.82, 2.24) is 0 Å². The van der Waals surface area contributed by atoms with Crippen molar-refractivity contribution in [2.45, 2.75) is 19.3 Å². The molecule has 0 fully saturated rings. The first-order chi connectivity index (χ1) is 10.3. The van der Waals surface area contributed by atoms with Crippen LogP contribution >= 0.6 is 0 Å². The maximum atomic E-state index is 2.41. The molecule has 0 unspecified atom stereocenters. The van der Waals surface area contributed by atoms with Gasteiger partial charge in [-0.25, -0.2) is 0 Å². The molecule has 1 aliphatic rings. The summed E-state index contributed by atoms with van der Waals surface area (Å²) < 4.78 is 0. The Balaban J connectivity index is 1.65. The first-order valence-corrected chi connectivity index (χ1v) is 7.84. The van der Waals surface area contributed by atoms with Crippen LogP contribution < -0.4 is 9.80 Å². The van der Waals surface area contributed by atoms with Crippen LogP contribution in [0.4, 0.5) is 11.4 Å². The van der Waals surface area contributed by atoms with E-state index in [0.717, 1.165) is 13.1 Å². The van der Waals surface area contributed by atoms with E-state index >= 15 is 0 Å². The molecule has 0 amide bonds. The molecule has 2 aromatic rings. The molecule has 0 radical (unpaired) electrons. The second-order valence-electron chi connectivity index (χ2n) is 5.95. The Morgan fingerprint density at radius 2 is 1.57 bits per heavy atom. The van der Waals surface area contributed by atoms with Crippen molar-refractivity contribution in [2.24, 2.45) is 0 Å². The van der Waals surface area contributed by atoms with Gasteiger partial charge in [0.15, 0.2) is 0 Å². The first-order valence-electron chi connectivity index (χ1n) is 7.84. The second kappa shape index (κ2) is 6.21. The van der Waals surface area contributed by atoms with Crippen molar-refractivity contribution >= 4 is 11.4 Å². The summed E-state index contributed by atoms with van der Waals surface area (Å²) in [6.07, 6.45) is 3.80. The fourth-order valence-electron chi connectivity index (χ4n) is 3.19. The number of nitrogens with zero attached hydrogens (tertiary/aromatic N) is 2. The maximum absolute atomic E-state index is 2.41. The van der Waals surface area contributed by atoms with Gasteiger partial charge in [0, 0.05) is 38.6 Å². The van der Waals surface area contributed by atoms with Crippen molar-refractivity contribution in [1.29, 1.82) is 0 Å². The average molecular weight is 280 g/mol. The van der Waals surface area contributed by atoms with Gasteiger partial charge >= 0.3 is 0 Å². The van der Waals surface area contributed by atoms with Crippen molar-refractivity contribution in [3.8, 4) is 0 Å². The smallest absolute Gasteiger partial charge is 0.0399 e. The molecule has 0 heterocycles. The third-order valence-electron chi connectivity index (χ3n) is 4.50. The summed E-state index contributed by atoms with van der Waals surface area (Å²) in [6.45, 7) is 2.08. The number of anilines is 2. The van der Waals surface area contributed by atoms with E-state index in [9.17, 15) is 0 Å². The van der Waals surface area contributed by atoms with Gasteiger partial charge in [-0.2, -0.15) is 0 Å². The zero-order valence-corrected chi connectivity index (χ0v) is 13.0. The molecule has 0 saturated carbocycles. The summed E-state index contributed by atoms with van der Waals surface area (Å²) in [6, 6.07) is 17.4. The Bertz CT molecular complexity index is 592. The third-order valence-corrected chi connectivity index (χ3v) is 4.50. The van der Waals surface area contributed by atoms with E-state index in [0.29, 0.717) is 0 Å². The molecule has 0 aromatic heterocycles. The van der Waals surface area contributed by atoms with Crippen LogP contribution in [0.5, 0.6) is 0 Å². The van der Waals surface area contributed by atoms with Crippen molar-refractivity contribution < 1.29 is 0 Å². The van der Waals surface area contributed by atoms with Gasteiger partial charge in [0.25, 0.3) is 0 Å². The van der Waals surface area contributed by atoms with Gasteiger partial charge in [0.1, 0.15) is 0 Å². The lowest BCUT2D eigenvalue weighted by atomic mass is 10.1. The number of fused-ring (bicyclic) bond motifs is 1. The Morgan fingerprint density at radius 3 is 2.38 bits per heavy atom. The highest BCUT2D eigenvalue weighted by molar-refractivity contribution is 5.58. The molecule has 2 nitrogen and oxygen atoms in total. The predicted octanol–water partition coefficient (Wildman–Crippen LogP) is 3.75. The highest BCUT2D eigenvalue weighted by Gasteiger charge is 2.16. The number of benzene rings is 2. The van der Waals surface area contributed by atoms with Crippen LogP contribution in [0.15, 0.2) is 48.5 Å². The molecule has 0 spiro atoms. The Morgan fingerprint density at radius 1 is 0.810 bits per heavy atom. The molecule has 2 heteroatoms. The lowest BCUT2D eigenvalue weighted by Crippen LogP contribution is -2.31. The summed E-state index contributed by atoms with van der Waals surface area (Å²) in [4.78, 5) is 4.73. The minimum atomic E-state index is 1.03. The molecule has 1 aliphatic carbocycles. The summed E-state index contributed by atoms with van der Waals surface area (Å²) in [5.41, 5.74) is 5.83. The van der Waals surface area contributed by atoms with Crippen LogP contribution in [0.1, 0.15) is 17.5 Å². The lowest BCUT2D eigenvalue weighted by molar-refractivity contribution is 0.827. The molecule has 0 aliphatic heterocycles. The Hall–Kier alpha value is -1.96. The zero-order valence-electron chi connectivity index (χ0n) is 13.0. The maximum Gasteiger partial charge on any atom is 0.0399 e. The van der Waals surface area contributed by atoms with E-state index in [1.807, 2.05) is 0 Å². The van der Waals surface area contributed by atoms with Gasteiger partial charge in [0.05, 0.1) is 0 Å². The molecular weight excluding hydrogens is 256 g/mol. The van der Waals surface area contributed by atoms with Crippen molar-refractivity contribution in [2.75, 3.05) is 37.0 Å². The van der Waals surface area contributed by atoms with Gasteiger partial charge in [-0.15, -0.1) is 0 Å². The first kappa shape index (κ1) is 14.0. The quantitative estimate of drug-likeness (QED) is 0.823. The van der Waals surface area contributed by atoms with E-state index in [4.69, 9.17) is 0 Å². The van der Waals surface area contributed by atoms with Gasteiger partial charge in [-0.05, 0) is 48.6 Å². The predicted molar refractivity (Wildman–Crippen MR) is 91.4 cm³/mol. The fraction of sp³-hybridized carbons (Fsp3) is 0.368. The van der Waals surface area contributed by atoms with E-state index < -0.39 is 0 Å². The van der Waals surface area contributed by atoms with Crippen LogP contribution in [-0.4, -0.2) is 27.2 Å². The SMILES string of the molecule is CN(CCN(C)c1cccc2c1CCC2)c1ccccc1. The van der Waals surface area contributed by atoms with E-state index in [1.54, 1.807) is 11.1 Å². The summed E-state index contributed by atoms with van der Waals surface area (Å²) in [7, 11) is 4.38. The summed E-state index contributed by atoms with van der Waals surface area (Å²) in [5, 5.41) is 0. The number of rotatable bonds is 5. The summed E-state index contributed by atoms with van der Waals surface area (Å²) >= 11 is 0. The second-order valence-corrected chi connectivity index (χ2v) is 5.95. The molecule has 0 bridgehead atoms. The lowest BCUT2D eigenvalue weighted by Gasteiger charge is -2.26. The Kier molecular flexibility index (Phi) is 4.14. The van der Waals surface area contributed by atoms with Crippen LogP contribution in [0.25, 0.3) is 0 Å². The fourth-order valence-corrected chi connectivity index (χ4v) is 3.19. The highest BCUT2D eigenvalue weighted by Crippen LogP contribution is 2.30. The molecule has 0 atom stereocenters. The van der Waals surface area contributed by atoms with Crippen LogP contribution in [0.3, 0.4) is 0 Å². The minimum absolute atomic E-state index is 1.03. The molecule has 2 aromatic carbocycles. The average Bonchev–Trinajstić information content (AvgIpc) is 3.01. The topological polar surface area (TPSA) is 6.48 Å². The van der Waals surface area contributed by atoms with Crippen LogP contribution in [0, 0.1) is 0 Å². The number of para-hydroxylation sites is 1. The molecule has 3 rings (SSSR count). The van der Waals surface area contributed by atoms with Crippen LogP contribution in [-0.2, 0) is 12.8 Å². The van der Waals surface area contributed by atoms with Crippen molar-refractivity contribution in [3.05, 3.63) is 59.7 Å². The highest BCUT2D eigenvalue weighted by atomic mass is 15.2. The standard InChI is InChI=1S/C19H24N2/c1-20(17-10-4-3-5-11-17)14-15-21(2)19-13-7-9-16-8-6-12-18(16)19/h3-5,7,9-11,13H,6,8,12,14-15H2,1-2H3. The van der Waals surface area contributed by atoms with E-state index in [2.05, 4.69) is 72.4 Å². The molecule has 21 heavy (non-hydrogen) atoms. The van der Waals surface area contributed by atoms with Gasteiger partial charge in [-0.1, -0.05) is 30.3 Å². The van der Waals surface area contributed by atoms with E-state index in [1.165, 1.54) is 30.6 Å². The molecule has 0 saturated heterocycles. The largest absolute Gasteiger partial charge is 0.373 e. The Labute approximate surface area is 128 Å². The molecule has 0 N–H and O–H groups in total. The summed E-state index contributed by atoms with van der Waals surface area (Å²) in [5.74, 6) is 0. The number of hydrogen-bond acceptors (Lipinski definition) is 2. The number of aryl methyl sites for hydroxylation is 1. The monoisotopic (exact) mass is 280 g/mol. The van der Waals surface area contributed by atoms with Gasteiger partial charge in [0.2, 0.25) is 0 Å². The minimum Gasteiger partial charge on any atom is -0.373 e. The molecular formula is C19H24N2. The van der Waals surface area contributed by atoms with E-state index in [-0.39, 0.29) is 0 Å². The number of likely N-dealkylation sites (N-methyl/N-ethyl adjacent to an activating group) is 2. The zero-order chi connectivity index (χ0) is 14.7. The van der Waals surface area contributed by atoms with Crippen LogP contribution in [0.2, 0.25) is 0 Å². The van der Waals surface area contributed by atoms with Gasteiger partial charge < -0.3 is 9.80 Å². The molecule has 110 valence electrons. The third kappa shape index (κ3) is 3.05.